The number of anilines is 1. The number of amides is 2. The molecule has 3 aromatic rings. The van der Waals surface area contributed by atoms with Crippen molar-refractivity contribution in [3.63, 3.8) is 0 Å². The number of hydrazine groups is 1. The Labute approximate surface area is 198 Å². The van der Waals surface area contributed by atoms with E-state index in [0.717, 1.165) is 43.2 Å². The van der Waals surface area contributed by atoms with Gasteiger partial charge in [0.25, 0.3) is 0 Å². The zero-order chi connectivity index (χ0) is 23.9. The van der Waals surface area contributed by atoms with E-state index in [1.54, 1.807) is 35.8 Å². The number of hydrogen-bond donors (Lipinski definition) is 3. The van der Waals surface area contributed by atoms with E-state index in [0.29, 0.717) is 24.1 Å². The maximum atomic E-state index is 13.5. The van der Waals surface area contributed by atoms with Crippen LogP contribution in [0, 0.1) is 5.82 Å². The number of unbranched alkanes of at least 4 members (excludes halogenated alkanes) is 2. The largest absolute Gasteiger partial charge is 0.328 e. The molecule has 0 bridgehead atoms. The van der Waals surface area contributed by atoms with Gasteiger partial charge in [0.15, 0.2) is 5.82 Å². The van der Waals surface area contributed by atoms with Gasteiger partial charge in [-0.1, -0.05) is 37.1 Å². The van der Waals surface area contributed by atoms with Crippen LogP contribution in [0.2, 0.25) is 0 Å². The molecule has 9 nitrogen and oxygen atoms in total. The van der Waals surface area contributed by atoms with Crippen molar-refractivity contribution < 1.29 is 9.18 Å². The quantitative estimate of drug-likeness (QED) is 0.416. The number of nitrogens with one attached hydrogen (secondary N) is 3. The number of aromatic nitrogens is 4. The van der Waals surface area contributed by atoms with Crippen molar-refractivity contribution in [2.45, 2.75) is 44.2 Å². The van der Waals surface area contributed by atoms with E-state index in [1.165, 1.54) is 6.07 Å². The minimum atomic E-state index is -0.202. The normalized spacial score (nSPS) is 17.6. The molecule has 1 fully saturated rings. The van der Waals surface area contributed by atoms with E-state index < -0.39 is 0 Å². The highest BCUT2D eigenvalue weighted by Gasteiger charge is 2.24. The summed E-state index contributed by atoms with van der Waals surface area (Å²) in [4.78, 5) is 14.3. The predicted molar refractivity (Wildman–Crippen MR) is 128 cm³/mol. The molecule has 3 N–H and O–H groups in total. The smallest absolute Gasteiger partial charge is 0.321 e. The lowest BCUT2D eigenvalue weighted by Gasteiger charge is -2.18. The molecule has 2 unspecified atom stereocenters. The van der Waals surface area contributed by atoms with E-state index in [9.17, 15) is 9.18 Å². The van der Waals surface area contributed by atoms with Crippen LogP contribution in [-0.2, 0) is 7.05 Å². The average molecular weight is 467 g/mol. The van der Waals surface area contributed by atoms with E-state index in [2.05, 4.69) is 31.7 Å². The Hall–Kier alpha value is -3.37. The van der Waals surface area contributed by atoms with Gasteiger partial charge in [-0.2, -0.15) is 0 Å². The summed E-state index contributed by atoms with van der Waals surface area (Å²) in [6.45, 7) is 0.682. The van der Waals surface area contributed by atoms with Crippen LogP contribution in [0.1, 0.15) is 43.7 Å². The number of hydrogen-bond acceptors (Lipinski definition) is 6. The first kappa shape index (κ1) is 23.8. The van der Waals surface area contributed by atoms with E-state index in [4.69, 9.17) is 0 Å². The highest BCUT2D eigenvalue weighted by atomic mass is 19.1. The molecule has 0 saturated carbocycles. The van der Waals surface area contributed by atoms with Gasteiger partial charge in [-0.05, 0) is 59.5 Å². The third-order valence-electron chi connectivity index (χ3n) is 6.12. The molecule has 1 aromatic heterocycles. The summed E-state index contributed by atoms with van der Waals surface area (Å²) in [6.07, 6.45) is 5.02. The second-order valence-electron chi connectivity index (χ2n) is 8.74. The molecule has 0 radical (unpaired) electrons. The third-order valence-corrected chi connectivity index (χ3v) is 6.12. The Kier molecular flexibility index (Phi) is 7.81. The highest BCUT2D eigenvalue weighted by Crippen LogP contribution is 2.25. The number of benzene rings is 2. The summed E-state index contributed by atoms with van der Waals surface area (Å²) in [5, 5.41) is 14.4. The first-order chi connectivity index (χ1) is 16.5. The summed E-state index contributed by atoms with van der Waals surface area (Å²) in [6, 6.07) is 14.6. The lowest BCUT2D eigenvalue weighted by atomic mass is 9.99. The molecule has 180 valence electrons. The Morgan fingerprint density at radius 1 is 1.18 bits per heavy atom. The molecule has 1 aliphatic heterocycles. The Morgan fingerprint density at radius 3 is 2.82 bits per heavy atom. The minimum Gasteiger partial charge on any atom is -0.328 e. The van der Waals surface area contributed by atoms with E-state index in [-0.39, 0.29) is 17.9 Å². The van der Waals surface area contributed by atoms with Crippen molar-refractivity contribution in [3.8, 4) is 11.4 Å². The van der Waals surface area contributed by atoms with Crippen LogP contribution in [0.3, 0.4) is 0 Å². The number of carbonyl (C=O) groups is 1. The molecule has 2 aromatic carbocycles. The van der Waals surface area contributed by atoms with Gasteiger partial charge >= 0.3 is 6.03 Å². The number of nitrogens with zero attached hydrogens (tertiary/aromatic N) is 5. The molecule has 1 aliphatic rings. The van der Waals surface area contributed by atoms with Crippen molar-refractivity contribution in [2.24, 2.45) is 7.05 Å². The summed E-state index contributed by atoms with van der Waals surface area (Å²) in [5.74, 6) is 0.435. The summed E-state index contributed by atoms with van der Waals surface area (Å²) in [5.41, 5.74) is 9.11. The monoisotopic (exact) mass is 466 g/mol. The molecular formula is C24H31FN8O. The van der Waals surface area contributed by atoms with Crippen LogP contribution in [-0.4, -0.2) is 50.8 Å². The molecule has 2 amide bonds. The predicted octanol–water partition coefficient (Wildman–Crippen LogP) is 3.65. The standard InChI is InChI=1S/C24H31FN8O/c1-32(24(34)26-20-12-7-9-18(15-20)23-29-30-31-33(23)2)13-5-3-4-11-21-16-22(28-27-21)17-8-6-10-19(25)14-17/h6-10,12,14-15,21-22,27-28H,3-5,11,13,16H2,1-2H3,(H,26,34). The van der Waals surface area contributed by atoms with Crippen molar-refractivity contribution >= 4 is 11.7 Å². The van der Waals surface area contributed by atoms with Crippen LogP contribution >= 0.6 is 0 Å². The Morgan fingerprint density at radius 2 is 2.03 bits per heavy atom. The molecule has 34 heavy (non-hydrogen) atoms. The van der Waals surface area contributed by atoms with Gasteiger partial charge in [0.2, 0.25) is 0 Å². The first-order valence-electron chi connectivity index (χ1n) is 11.6. The Bertz CT molecular complexity index is 1100. The molecule has 1 saturated heterocycles. The SMILES string of the molecule is CN(CCCCCC1CC(c2cccc(F)c2)NN1)C(=O)Nc1cccc(-c2nnnn2C)c1. The van der Waals surface area contributed by atoms with Crippen LogP contribution < -0.4 is 16.2 Å². The molecule has 2 atom stereocenters. The number of halogens is 1. The second-order valence-corrected chi connectivity index (χ2v) is 8.74. The van der Waals surface area contributed by atoms with E-state index >= 15 is 0 Å². The first-order valence-corrected chi connectivity index (χ1v) is 11.6. The maximum Gasteiger partial charge on any atom is 0.321 e. The highest BCUT2D eigenvalue weighted by molar-refractivity contribution is 5.89. The number of carbonyl (C=O) groups excluding carboxylic acids is 1. The number of tetrazole rings is 1. The number of urea groups is 1. The maximum absolute atomic E-state index is 13.5. The van der Waals surface area contributed by atoms with E-state index in [1.807, 2.05) is 30.3 Å². The van der Waals surface area contributed by atoms with Gasteiger partial charge in [-0.15, -0.1) is 5.10 Å². The van der Waals surface area contributed by atoms with Crippen LogP contribution in [0.25, 0.3) is 11.4 Å². The van der Waals surface area contributed by atoms with Gasteiger partial charge in [0.05, 0.1) is 0 Å². The second kappa shape index (κ2) is 11.2. The van der Waals surface area contributed by atoms with Gasteiger partial charge < -0.3 is 10.2 Å². The molecule has 0 spiro atoms. The van der Waals surface area contributed by atoms with Crippen LogP contribution in [0.5, 0.6) is 0 Å². The average Bonchev–Trinajstić information content (AvgIpc) is 3.48. The van der Waals surface area contributed by atoms with Crippen molar-refractivity contribution in [1.29, 1.82) is 0 Å². The van der Waals surface area contributed by atoms with Crippen molar-refractivity contribution in [3.05, 3.63) is 59.9 Å². The molecular weight excluding hydrogens is 435 g/mol. The summed E-state index contributed by atoms with van der Waals surface area (Å²) >= 11 is 0. The van der Waals surface area contributed by atoms with Gasteiger partial charge in [-0.25, -0.2) is 13.9 Å². The fourth-order valence-corrected chi connectivity index (χ4v) is 4.20. The summed E-state index contributed by atoms with van der Waals surface area (Å²) in [7, 11) is 3.58. The lowest BCUT2D eigenvalue weighted by Crippen LogP contribution is -2.32. The molecule has 10 heteroatoms. The lowest BCUT2D eigenvalue weighted by molar-refractivity contribution is 0.221. The fraction of sp³-hybridized carbons (Fsp3) is 0.417. The molecule has 0 aliphatic carbocycles. The number of aryl methyl sites for hydroxylation is 1. The van der Waals surface area contributed by atoms with Crippen LogP contribution in [0.4, 0.5) is 14.9 Å². The minimum absolute atomic E-state index is 0.138. The fourth-order valence-electron chi connectivity index (χ4n) is 4.20. The summed E-state index contributed by atoms with van der Waals surface area (Å²) < 4.78 is 15.0. The third kappa shape index (κ3) is 6.15. The number of rotatable bonds is 9. The topological polar surface area (TPSA) is 100 Å². The molecule has 2 heterocycles. The Balaban J connectivity index is 1.15. The van der Waals surface area contributed by atoms with Crippen molar-refractivity contribution in [1.82, 2.24) is 36.0 Å². The van der Waals surface area contributed by atoms with Gasteiger partial charge in [-0.3, -0.25) is 10.9 Å². The molecule has 4 rings (SSSR count). The van der Waals surface area contributed by atoms with Crippen molar-refractivity contribution in [2.75, 3.05) is 18.9 Å². The van der Waals surface area contributed by atoms with Gasteiger partial charge in [0, 0.05) is 44.0 Å². The zero-order valence-corrected chi connectivity index (χ0v) is 19.5. The van der Waals surface area contributed by atoms with Crippen LogP contribution in [0.15, 0.2) is 48.5 Å². The zero-order valence-electron chi connectivity index (χ0n) is 19.5. The van der Waals surface area contributed by atoms with Gasteiger partial charge in [0.1, 0.15) is 5.82 Å².